The summed E-state index contributed by atoms with van der Waals surface area (Å²) in [6, 6.07) is -0.231. The van der Waals surface area contributed by atoms with E-state index in [-0.39, 0.29) is 36.6 Å². The molecule has 1 saturated carbocycles. The van der Waals surface area contributed by atoms with Crippen molar-refractivity contribution in [3.8, 4) is 0 Å². The summed E-state index contributed by atoms with van der Waals surface area (Å²) >= 11 is 0. The minimum absolute atomic E-state index is 0.0428. The number of aromatic nitrogens is 3. The minimum Gasteiger partial charge on any atom is -0.480 e. The summed E-state index contributed by atoms with van der Waals surface area (Å²) in [6.07, 6.45) is 2.49. The number of carboxylic acids is 1. The van der Waals surface area contributed by atoms with Crippen LogP contribution in [0.15, 0.2) is 0 Å². The number of H-pyrrole nitrogens is 1. The lowest BCUT2D eigenvalue weighted by molar-refractivity contribution is -0.139. The van der Waals surface area contributed by atoms with Crippen molar-refractivity contribution in [1.29, 1.82) is 0 Å². The molecule has 1 aliphatic carbocycles. The molecule has 26 heavy (non-hydrogen) atoms. The normalized spacial score (nSPS) is 21.7. The second-order valence-corrected chi connectivity index (χ2v) is 7.01. The van der Waals surface area contributed by atoms with Gasteiger partial charge in [0.1, 0.15) is 5.82 Å². The van der Waals surface area contributed by atoms with Crippen molar-refractivity contribution in [3.63, 3.8) is 0 Å². The second-order valence-electron chi connectivity index (χ2n) is 7.01. The van der Waals surface area contributed by atoms with Crippen LogP contribution in [-0.2, 0) is 4.79 Å². The number of likely N-dealkylation sites (N-methyl/N-ethyl adjacent to an activating group) is 1. The van der Waals surface area contributed by atoms with Crippen molar-refractivity contribution >= 4 is 12.0 Å². The van der Waals surface area contributed by atoms with Gasteiger partial charge >= 0.3 is 12.0 Å². The van der Waals surface area contributed by atoms with Gasteiger partial charge in [0.05, 0.1) is 12.6 Å². The van der Waals surface area contributed by atoms with Crippen LogP contribution in [0.3, 0.4) is 0 Å². The molecule has 2 unspecified atom stereocenters. The van der Waals surface area contributed by atoms with Gasteiger partial charge in [-0.1, -0.05) is 20.8 Å². The molecule has 1 heterocycles. The fraction of sp³-hybridized carbons (Fsp3) is 0.765. The van der Waals surface area contributed by atoms with Crippen LogP contribution < -0.4 is 10.6 Å². The quantitative estimate of drug-likeness (QED) is 0.526. The smallest absolute Gasteiger partial charge is 0.317 e. The standard InChI is InChI=1S/C17H30N6O3/c1-5-10(3)15-20-16(22-21-15)11(4)18-17(26)19-12-7-13(8-12)23(6-2)9-14(24)25/h10-13H,5-9H2,1-4H3,(H,24,25)(H2,18,19,26)(H,20,21,22). The first-order valence-electron chi connectivity index (χ1n) is 9.29. The summed E-state index contributed by atoms with van der Waals surface area (Å²) in [5.74, 6) is 0.857. The Bertz CT molecular complexity index is 613. The van der Waals surface area contributed by atoms with E-state index in [1.165, 1.54) is 0 Å². The number of carbonyl (C=O) groups is 2. The molecule has 9 nitrogen and oxygen atoms in total. The maximum atomic E-state index is 12.2. The first kappa shape index (κ1) is 20.2. The number of nitrogens with one attached hydrogen (secondary N) is 3. The van der Waals surface area contributed by atoms with Gasteiger partial charge in [-0.3, -0.25) is 14.8 Å². The first-order chi connectivity index (χ1) is 12.3. The van der Waals surface area contributed by atoms with Gasteiger partial charge in [0.2, 0.25) is 0 Å². The number of nitrogens with zero attached hydrogens (tertiary/aromatic N) is 3. The predicted molar refractivity (Wildman–Crippen MR) is 96.9 cm³/mol. The van der Waals surface area contributed by atoms with Gasteiger partial charge in [-0.25, -0.2) is 9.78 Å². The fourth-order valence-electron chi connectivity index (χ4n) is 3.05. The lowest BCUT2D eigenvalue weighted by atomic mass is 9.85. The van der Waals surface area contributed by atoms with E-state index in [4.69, 9.17) is 5.11 Å². The molecule has 1 aromatic rings. The summed E-state index contributed by atoms with van der Waals surface area (Å²) in [6.45, 7) is 8.68. The van der Waals surface area contributed by atoms with Crippen molar-refractivity contribution in [2.24, 2.45) is 0 Å². The Morgan fingerprint density at radius 3 is 2.62 bits per heavy atom. The first-order valence-corrected chi connectivity index (χ1v) is 9.29. The highest BCUT2D eigenvalue weighted by atomic mass is 16.4. The fourth-order valence-corrected chi connectivity index (χ4v) is 3.05. The summed E-state index contributed by atoms with van der Waals surface area (Å²) in [7, 11) is 0. The molecule has 2 atom stereocenters. The van der Waals surface area contributed by atoms with Crippen LogP contribution in [0.1, 0.15) is 70.6 Å². The number of hydrogen-bond acceptors (Lipinski definition) is 5. The number of aromatic amines is 1. The largest absolute Gasteiger partial charge is 0.480 e. The monoisotopic (exact) mass is 366 g/mol. The second kappa shape index (κ2) is 8.98. The van der Waals surface area contributed by atoms with Crippen molar-refractivity contribution in [3.05, 3.63) is 11.6 Å². The number of rotatable bonds is 9. The van der Waals surface area contributed by atoms with E-state index in [1.807, 2.05) is 18.7 Å². The molecule has 4 N–H and O–H groups in total. The molecular formula is C17H30N6O3. The van der Waals surface area contributed by atoms with Crippen LogP contribution in [-0.4, -0.2) is 62.4 Å². The molecule has 0 spiro atoms. The van der Waals surface area contributed by atoms with Crippen LogP contribution >= 0.6 is 0 Å². The van der Waals surface area contributed by atoms with Crippen LogP contribution in [0.25, 0.3) is 0 Å². The van der Waals surface area contributed by atoms with E-state index >= 15 is 0 Å². The Morgan fingerprint density at radius 2 is 2.04 bits per heavy atom. The molecular weight excluding hydrogens is 336 g/mol. The zero-order chi connectivity index (χ0) is 19.3. The number of hydrogen-bond donors (Lipinski definition) is 4. The summed E-state index contributed by atoms with van der Waals surface area (Å²) in [5.41, 5.74) is 0. The van der Waals surface area contributed by atoms with Crippen molar-refractivity contribution < 1.29 is 14.7 Å². The molecule has 9 heteroatoms. The Kier molecular flexibility index (Phi) is 6.96. The maximum absolute atomic E-state index is 12.2. The highest BCUT2D eigenvalue weighted by Gasteiger charge is 2.34. The molecule has 2 rings (SSSR count). The summed E-state index contributed by atoms with van der Waals surface area (Å²) in [4.78, 5) is 29.4. The van der Waals surface area contributed by atoms with Crippen molar-refractivity contribution in [2.45, 2.75) is 71.0 Å². The molecule has 1 fully saturated rings. The lowest BCUT2D eigenvalue weighted by Crippen LogP contribution is -2.56. The van der Waals surface area contributed by atoms with E-state index in [2.05, 4.69) is 39.7 Å². The average Bonchev–Trinajstić information content (AvgIpc) is 3.05. The van der Waals surface area contributed by atoms with Gasteiger partial charge in [0.25, 0.3) is 0 Å². The Hall–Kier alpha value is -2.16. The maximum Gasteiger partial charge on any atom is 0.317 e. The molecule has 1 aliphatic rings. The third kappa shape index (κ3) is 5.17. The molecule has 2 amide bonds. The summed E-state index contributed by atoms with van der Waals surface area (Å²) < 4.78 is 0. The zero-order valence-corrected chi connectivity index (χ0v) is 16.0. The van der Waals surface area contributed by atoms with E-state index in [0.717, 1.165) is 25.1 Å². The van der Waals surface area contributed by atoms with Crippen LogP contribution in [0.4, 0.5) is 4.79 Å². The molecule has 146 valence electrons. The Morgan fingerprint density at radius 1 is 1.35 bits per heavy atom. The zero-order valence-electron chi connectivity index (χ0n) is 16.0. The molecule has 1 aromatic heterocycles. The van der Waals surface area contributed by atoms with E-state index < -0.39 is 5.97 Å². The van der Waals surface area contributed by atoms with Gasteiger partial charge in [0.15, 0.2) is 5.82 Å². The minimum atomic E-state index is -0.821. The van der Waals surface area contributed by atoms with E-state index in [0.29, 0.717) is 12.4 Å². The topological polar surface area (TPSA) is 123 Å². The Balaban J connectivity index is 1.75. The van der Waals surface area contributed by atoms with E-state index in [1.54, 1.807) is 0 Å². The lowest BCUT2D eigenvalue weighted by Gasteiger charge is -2.42. The number of aliphatic carboxylic acids is 1. The van der Waals surface area contributed by atoms with Crippen molar-refractivity contribution in [2.75, 3.05) is 13.1 Å². The molecule has 0 saturated heterocycles. The summed E-state index contributed by atoms with van der Waals surface area (Å²) in [5, 5.41) is 21.8. The predicted octanol–water partition coefficient (Wildman–Crippen LogP) is 1.62. The number of carboxylic acid groups (broad SMARTS) is 1. The van der Waals surface area contributed by atoms with Crippen LogP contribution in [0.5, 0.6) is 0 Å². The number of urea groups is 1. The van der Waals surface area contributed by atoms with Crippen LogP contribution in [0.2, 0.25) is 0 Å². The highest BCUT2D eigenvalue weighted by Crippen LogP contribution is 2.25. The molecule has 0 aliphatic heterocycles. The van der Waals surface area contributed by atoms with Gasteiger partial charge in [-0.15, -0.1) is 0 Å². The number of carbonyl (C=O) groups excluding carboxylic acids is 1. The average molecular weight is 366 g/mol. The van der Waals surface area contributed by atoms with Gasteiger partial charge in [-0.05, 0) is 32.7 Å². The van der Waals surface area contributed by atoms with Gasteiger partial charge in [0, 0.05) is 18.0 Å². The highest BCUT2D eigenvalue weighted by molar-refractivity contribution is 5.74. The molecule has 0 bridgehead atoms. The Labute approximate surface area is 153 Å². The molecule has 0 radical (unpaired) electrons. The number of amides is 2. The van der Waals surface area contributed by atoms with Crippen LogP contribution in [0, 0.1) is 0 Å². The van der Waals surface area contributed by atoms with Crippen molar-refractivity contribution in [1.82, 2.24) is 30.7 Å². The molecule has 0 aromatic carbocycles. The third-order valence-electron chi connectivity index (χ3n) is 5.04. The third-order valence-corrected chi connectivity index (χ3v) is 5.04. The SMILES string of the molecule is CCC(C)c1n[nH]c(C(C)NC(=O)NC2CC(N(CC)CC(=O)O)C2)n1. The van der Waals surface area contributed by atoms with Gasteiger partial charge < -0.3 is 15.7 Å². The van der Waals surface area contributed by atoms with E-state index in [9.17, 15) is 9.59 Å². The van der Waals surface area contributed by atoms with Gasteiger partial charge in [-0.2, -0.15) is 5.10 Å².